The minimum atomic E-state index is -4.05. The molecule has 0 bridgehead atoms. The lowest BCUT2D eigenvalue weighted by Crippen LogP contribution is -2.37. The second kappa shape index (κ2) is 7.80. The van der Waals surface area contributed by atoms with Crippen LogP contribution in [0.5, 0.6) is 0 Å². The summed E-state index contributed by atoms with van der Waals surface area (Å²) < 4.78 is 28.1. The molecule has 1 N–H and O–H groups in total. The van der Waals surface area contributed by atoms with Gasteiger partial charge in [0, 0.05) is 23.9 Å². The van der Waals surface area contributed by atoms with E-state index in [0.29, 0.717) is 28.1 Å². The molecule has 0 atom stereocenters. The molecular weight excluding hydrogens is 396 g/mol. The van der Waals surface area contributed by atoms with Gasteiger partial charge in [0.1, 0.15) is 0 Å². The van der Waals surface area contributed by atoms with E-state index in [2.05, 4.69) is 5.32 Å². The first kappa shape index (κ1) is 19.9. The van der Waals surface area contributed by atoms with E-state index >= 15 is 0 Å². The Morgan fingerprint density at radius 3 is 2.27 bits per heavy atom. The van der Waals surface area contributed by atoms with Crippen LogP contribution in [0.3, 0.4) is 0 Å². The summed E-state index contributed by atoms with van der Waals surface area (Å²) in [6, 6.07) is 23.8. The minimum absolute atomic E-state index is 0.249. The van der Waals surface area contributed by atoms with E-state index < -0.39 is 15.9 Å². The first-order chi connectivity index (χ1) is 14.4. The highest BCUT2D eigenvalue weighted by atomic mass is 32.2. The van der Waals surface area contributed by atoms with Crippen LogP contribution >= 0.6 is 0 Å². The lowest BCUT2D eigenvalue weighted by Gasteiger charge is -2.31. The lowest BCUT2D eigenvalue weighted by atomic mass is 9.95. The molecule has 5 nitrogen and oxygen atoms in total. The van der Waals surface area contributed by atoms with Crippen LogP contribution in [0.25, 0.3) is 5.57 Å². The molecule has 6 heteroatoms. The molecule has 152 valence electrons. The molecule has 0 fully saturated rings. The number of anilines is 2. The maximum absolute atomic E-state index is 13.5. The van der Waals surface area contributed by atoms with Crippen LogP contribution in [-0.2, 0) is 21.2 Å². The predicted octanol–water partition coefficient (Wildman–Crippen LogP) is 4.43. The average Bonchev–Trinajstić information content (AvgIpc) is 2.77. The number of fused-ring (bicyclic) bond motifs is 1. The molecule has 1 aliphatic rings. The standard InChI is InChI=1S/C24H22N2O3S/c1-3-17-11-7-9-15-20(17)25-24(27)23-22(18-12-5-4-6-13-18)19-14-8-10-16-21(19)26(2)30(23,28)29/h4-16H,3H2,1-2H3,(H,25,27). The number of aryl methyl sites for hydroxylation is 1. The fourth-order valence-corrected chi connectivity index (χ4v) is 5.19. The van der Waals surface area contributed by atoms with Crippen LogP contribution in [-0.4, -0.2) is 21.4 Å². The zero-order valence-electron chi connectivity index (χ0n) is 16.8. The second-order valence-electron chi connectivity index (χ2n) is 7.02. The van der Waals surface area contributed by atoms with Gasteiger partial charge in [-0.15, -0.1) is 0 Å². The predicted molar refractivity (Wildman–Crippen MR) is 121 cm³/mol. The summed E-state index contributed by atoms with van der Waals surface area (Å²) in [5, 5.41) is 2.84. The highest BCUT2D eigenvalue weighted by Gasteiger charge is 2.39. The molecule has 30 heavy (non-hydrogen) atoms. The zero-order valence-corrected chi connectivity index (χ0v) is 17.6. The fraction of sp³-hybridized carbons (Fsp3) is 0.125. The number of nitrogens with zero attached hydrogens (tertiary/aromatic N) is 1. The summed E-state index contributed by atoms with van der Waals surface area (Å²) in [4.78, 5) is 13.2. The Balaban J connectivity index is 1.97. The molecule has 0 unspecified atom stereocenters. The van der Waals surface area contributed by atoms with Crippen molar-refractivity contribution < 1.29 is 13.2 Å². The third-order valence-electron chi connectivity index (χ3n) is 5.27. The van der Waals surface area contributed by atoms with Crippen molar-refractivity contribution in [3.05, 3.63) is 100 Å². The van der Waals surface area contributed by atoms with Crippen molar-refractivity contribution in [2.24, 2.45) is 0 Å². The molecule has 0 saturated carbocycles. The molecule has 0 aromatic heterocycles. The summed E-state index contributed by atoms with van der Waals surface area (Å²) in [5.74, 6) is -0.642. The molecule has 4 rings (SSSR count). The van der Waals surface area contributed by atoms with Gasteiger partial charge in [0.15, 0.2) is 4.91 Å². The normalized spacial score (nSPS) is 14.9. The maximum Gasteiger partial charge on any atom is 0.270 e. The molecule has 0 radical (unpaired) electrons. The van der Waals surface area contributed by atoms with Crippen LogP contribution in [0.15, 0.2) is 83.8 Å². The number of sulfonamides is 1. The first-order valence-corrected chi connectivity index (χ1v) is 11.2. The molecule has 0 spiro atoms. The SMILES string of the molecule is CCc1ccccc1NC(=O)C1=C(c2ccccc2)c2ccccc2N(C)S1(=O)=O. The largest absolute Gasteiger partial charge is 0.321 e. The topological polar surface area (TPSA) is 66.5 Å². The fourth-order valence-electron chi connectivity index (χ4n) is 3.73. The van der Waals surface area contributed by atoms with Crippen molar-refractivity contribution in [2.75, 3.05) is 16.7 Å². The van der Waals surface area contributed by atoms with E-state index in [9.17, 15) is 13.2 Å². The Bertz CT molecular complexity index is 1250. The summed E-state index contributed by atoms with van der Waals surface area (Å²) in [5.41, 5.74) is 3.89. The molecule has 3 aromatic carbocycles. The number of carbonyl (C=O) groups excluding carboxylic acids is 1. The number of para-hydroxylation sites is 2. The maximum atomic E-state index is 13.5. The van der Waals surface area contributed by atoms with Gasteiger partial charge in [0.25, 0.3) is 15.9 Å². The Morgan fingerprint density at radius 1 is 0.900 bits per heavy atom. The Labute approximate surface area is 176 Å². The molecule has 1 heterocycles. The van der Waals surface area contributed by atoms with E-state index in [4.69, 9.17) is 0 Å². The Hall–Kier alpha value is -3.38. The highest BCUT2D eigenvalue weighted by molar-refractivity contribution is 7.97. The van der Waals surface area contributed by atoms with Crippen LogP contribution in [0.4, 0.5) is 11.4 Å². The van der Waals surface area contributed by atoms with Crippen molar-refractivity contribution in [2.45, 2.75) is 13.3 Å². The van der Waals surface area contributed by atoms with E-state index in [1.165, 1.54) is 11.4 Å². The van der Waals surface area contributed by atoms with Gasteiger partial charge < -0.3 is 5.32 Å². The smallest absolute Gasteiger partial charge is 0.270 e. The summed E-state index contributed by atoms with van der Waals surface area (Å²) in [6.45, 7) is 1.99. The van der Waals surface area contributed by atoms with Gasteiger partial charge in [0.05, 0.1) is 5.69 Å². The number of nitrogens with one attached hydrogen (secondary N) is 1. The van der Waals surface area contributed by atoms with Crippen molar-refractivity contribution in [1.82, 2.24) is 0 Å². The number of carbonyl (C=O) groups is 1. The number of hydrogen-bond acceptors (Lipinski definition) is 3. The quantitative estimate of drug-likeness (QED) is 0.682. The van der Waals surface area contributed by atoms with Gasteiger partial charge in [-0.05, 0) is 29.7 Å². The molecule has 0 aliphatic carbocycles. The number of hydrogen-bond donors (Lipinski definition) is 1. The van der Waals surface area contributed by atoms with Gasteiger partial charge in [-0.25, -0.2) is 8.42 Å². The van der Waals surface area contributed by atoms with Gasteiger partial charge in [-0.2, -0.15) is 0 Å². The van der Waals surface area contributed by atoms with Gasteiger partial charge in [0.2, 0.25) is 0 Å². The van der Waals surface area contributed by atoms with Gasteiger partial charge >= 0.3 is 0 Å². The summed E-state index contributed by atoms with van der Waals surface area (Å²) in [6.07, 6.45) is 0.719. The number of benzene rings is 3. The lowest BCUT2D eigenvalue weighted by molar-refractivity contribution is -0.112. The third kappa shape index (κ3) is 3.29. The summed E-state index contributed by atoms with van der Waals surface area (Å²) >= 11 is 0. The summed E-state index contributed by atoms with van der Waals surface area (Å²) in [7, 11) is -2.58. The monoisotopic (exact) mass is 418 g/mol. The van der Waals surface area contributed by atoms with E-state index in [0.717, 1.165) is 12.0 Å². The van der Waals surface area contributed by atoms with Crippen molar-refractivity contribution >= 4 is 32.9 Å². The van der Waals surface area contributed by atoms with Crippen molar-refractivity contribution in [3.8, 4) is 0 Å². The van der Waals surface area contributed by atoms with Gasteiger partial charge in [-0.3, -0.25) is 9.10 Å². The Kier molecular flexibility index (Phi) is 5.18. The van der Waals surface area contributed by atoms with E-state index in [1.807, 2.05) is 67.6 Å². The Morgan fingerprint density at radius 2 is 1.53 bits per heavy atom. The zero-order chi connectivity index (χ0) is 21.3. The highest BCUT2D eigenvalue weighted by Crippen LogP contribution is 2.42. The number of rotatable bonds is 4. The van der Waals surface area contributed by atoms with Crippen molar-refractivity contribution in [1.29, 1.82) is 0 Å². The molecular formula is C24H22N2O3S. The average molecular weight is 419 g/mol. The van der Waals surface area contributed by atoms with Crippen molar-refractivity contribution in [3.63, 3.8) is 0 Å². The van der Waals surface area contributed by atoms with Crippen LogP contribution < -0.4 is 9.62 Å². The van der Waals surface area contributed by atoms with Crippen LogP contribution in [0.1, 0.15) is 23.6 Å². The second-order valence-corrected chi connectivity index (χ2v) is 8.93. The van der Waals surface area contributed by atoms with Crippen LogP contribution in [0.2, 0.25) is 0 Å². The molecule has 1 amide bonds. The molecule has 3 aromatic rings. The number of amides is 1. The van der Waals surface area contributed by atoms with E-state index in [1.54, 1.807) is 18.2 Å². The van der Waals surface area contributed by atoms with Crippen LogP contribution in [0, 0.1) is 0 Å². The van der Waals surface area contributed by atoms with E-state index in [-0.39, 0.29) is 4.91 Å². The molecule has 0 saturated heterocycles. The first-order valence-electron chi connectivity index (χ1n) is 9.72. The molecule has 1 aliphatic heterocycles. The minimum Gasteiger partial charge on any atom is -0.321 e. The third-order valence-corrected chi connectivity index (χ3v) is 7.10. The van der Waals surface area contributed by atoms with Gasteiger partial charge in [-0.1, -0.05) is 73.7 Å².